The van der Waals surface area contributed by atoms with Gasteiger partial charge in [0.1, 0.15) is 12.2 Å². The maximum atomic E-state index is 10.2. The van der Waals surface area contributed by atoms with Crippen LogP contribution in [0.3, 0.4) is 0 Å². The quantitative estimate of drug-likeness (QED) is 0.480. The van der Waals surface area contributed by atoms with E-state index in [1.54, 1.807) is 0 Å². The Hall–Kier alpha value is -0.450. The second-order valence-corrected chi connectivity index (χ2v) is 2.11. The lowest BCUT2D eigenvalue weighted by atomic mass is 10.2. The van der Waals surface area contributed by atoms with Crippen LogP contribution in [0.1, 0.15) is 0 Å². The van der Waals surface area contributed by atoms with Crippen molar-refractivity contribution in [3.05, 3.63) is 0 Å². The van der Waals surface area contributed by atoms with Crippen molar-refractivity contribution in [3.8, 4) is 0 Å². The second-order valence-electron chi connectivity index (χ2n) is 2.11. The van der Waals surface area contributed by atoms with Gasteiger partial charge in [0, 0.05) is 0 Å². The van der Waals surface area contributed by atoms with Gasteiger partial charge in [-0.15, -0.1) is 0 Å². The lowest BCUT2D eigenvalue weighted by molar-refractivity contribution is -0.123. The Morgan fingerprint density at radius 1 is 1.50 bits per heavy atom. The number of aldehydes is 1. The number of ether oxygens (including phenoxy) is 2. The van der Waals surface area contributed by atoms with Gasteiger partial charge in [-0.25, -0.2) is 0 Å². The van der Waals surface area contributed by atoms with Crippen molar-refractivity contribution in [1.29, 1.82) is 0 Å². The van der Waals surface area contributed by atoms with E-state index in [4.69, 9.17) is 14.6 Å². The molecule has 1 rings (SSSR count). The molecule has 1 heterocycles. The molecule has 1 aliphatic heterocycles. The van der Waals surface area contributed by atoms with E-state index in [9.17, 15) is 4.79 Å². The van der Waals surface area contributed by atoms with Gasteiger partial charge in [0.05, 0.1) is 19.8 Å². The second kappa shape index (κ2) is 3.65. The largest absolute Gasteiger partial charge is 0.388 e. The van der Waals surface area contributed by atoms with Crippen LogP contribution in [0.5, 0.6) is 0 Å². The number of aliphatic hydroxyl groups excluding tert-OH is 1. The van der Waals surface area contributed by atoms with Crippen molar-refractivity contribution in [2.75, 3.05) is 19.8 Å². The summed E-state index contributed by atoms with van der Waals surface area (Å²) in [6.45, 7) is 1.01. The predicted molar refractivity (Wildman–Crippen MR) is 32.6 cm³/mol. The molecule has 4 nitrogen and oxygen atoms in total. The zero-order valence-corrected chi connectivity index (χ0v) is 5.53. The van der Waals surface area contributed by atoms with Crippen LogP contribution in [0.25, 0.3) is 0 Å². The van der Waals surface area contributed by atoms with Crippen LogP contribution in [-0.4, -0.2) is 43.4 Å². The molecule has 0 aromatic carbocycles. The monoisotopic (exact) mass is 146 g/mol. The van der Waals surface area contributed by atoms with Crippen LogP contribution in [0, 0.1) is 0 Å². The van der Waals surface area contributed by atoms with E-state index in [1.807, 2.05) is 0 Å². The standard InChI is InChI=1S/C6H10O4/c7-3-6-5(8)4-9-1-2-10-6/h3,5-6,8H,1-2,4H2. The first-order valence-corrected chi connectivity index (χ1v) is 3.17. The van der Waals surface area contributed by atoms with E-state index in [2.05, 4.69) is 0 Å². The fraction of sp³-hybridized carbons (Fsp3) is 0.833. The van der Waals surface area contributed by atoms with Gasteiger partial charge in [-0.2, -0.15) is 0 Å². The summed E-state index contributed by atoms with van der Waals surface area (Å²) in [5, 5.41) is 9.07. The first-order valence-electron chi connectivity index (χ1n) is 3.17. The Morgan fingerprint density at radius 2 is 2.30 bits per heavy atom. The summed E-state index contributed by atoms with van der Waals surface area (Å²) < 4.78 is 9.83. The summed E-state index contributed by atoms with van der Waals surface area (Å²) in [5.74, 6) is 0. The van der Waals surface area contributed by atoms with Crippen LogP contribution in [0.4, 0.5) is 0 Å². The molecule has 10 heavy (non-hydrogen) atoms. The van der Waals surface area contributed by atoms with E-state index in [0.717, 1.165) is 0 Å². The molecular weight excluding hydrogens is 136 g/mol. The van der Waals surface area contributed by atoms with Gasteiger partial charge in [0.25, 0.3) is 0 Å². The van der Waals surface area contributed by atoms with Crippen LogP contribution in [-0.2, 0) is 14.3 Å². The van der Waals surface area contributed by atoms with Gasteiger partial charge in [-0.1, -0.05) is 0 Å². The minimum Gasteiger partial charge on any atom is -0.388 e. The van der Waals surface area contributed by atoms with E-state index >= 15 is 0 Å². The molecule has 0 amide bonds. The molecular formula is C6H10O4. The molecule has 0 bridgehead atoms. The van der Waals surface area contributed by atoms with Gasteiger partial charge in [-0.3, -0.25) is 0 Å². The highest BCUT2D eigenvalue weighted by Crippen LogP contribution is 2.01. The van der Waals surface area contributed by atoms with Gasteiger partial charge >= 0.3 is 0 Å². The molecule has 0 aromatic rings. The third-order valence-electron chi connectivity index (χ3n) is 1.34. The zero-order valence-electron chi connectivity index (χ0n) is 5.53. The topological polar surface area (TPSA) is 55.8 Å². The van der Waals surface area contributed by atoms with E-state index in [-0.39, 0.29) is 6.61 Å². The number of hydrogen-bond donors (Lipinski definition) is 1. The molecule has 0 saturated carbocycles. The summed E-state index contributed by atoms with van der Waals surface area (Å²) in [6, 6.07) is 0. The molecule has 0 aliphatic carbocycles. The summed E-state index contributed by atoms with van der Waals surface area (Å²) in [6.07, 6.45) is -0.915. The van der Waals surface area contributed by atoms with E-state index < -0.39 is 12.2 Å². The third kappa shape index (κ3) is 1.76. The maximum absolute atomic E-state index is 10.2. The summed E-state index contributed by atoms with van der Waals surface area (Å²) in [5.41, 5.74) is 0. The van der Waals surface area contributed by atoms with Crippen molar-refractivity contribution in [3.63, 3.8) is 0 Å². The fourth-order valence-electron chi connectivity index (χ4n) is 0.783. The Labute approximate surface area is 58.7 Å². The lowest BCUT2D eigenvalue weighted by Crippen LogP contribution is -2.31. The van der Waals surface area contributed by atoms with Gasteiger partial charge in [-0.05, 0) is 0 Å². The van der Waals surface area contributed by atoms with Crippen molar-refractivity contribution < 1.29 is 19.4 Å². The summed E-state index contributed by atoms with van der Waals surface area (Å²) in [7, 11) is 0. The zero-order chi connectivity index (χ0) is 7.40. The Morgan fingerprint density at radius 3 is 3.00 bits per heavy atom. The van der Waals surface area contributed by atoms with E-state index in [1.165, 1.54) is 0 Å². The van der Waals surface area contributed by atoms with Gasteiger partial charge < -0.3 is 19.4 Å². The molecule has 4 heteroatoms. The highest BCUT2D eigenvalue weighted by molar-refractivity contribution is 5.57. The maximum Gasteiger partial charge on any atom is 0.151 e. The number of carbonyl (C=O) groups excluding carboxylic acids is 1. The molecule has 2 atom stereocenters. The molecule has 1 N–H and O–H groups in total. The van der Waals surface area contributed by atoms with Crippen molar-refractivity contribution in [1.82, 2.24) is 0 Å². The number of aliphatic hydroxyl groups is 1. The van der Waals surface area contributed by atoms with Gasteiger partial charge in [0.2, 0.25) is 0 Å². The number of carbonyl (C=O) groups is 1. The van der Waals surface area contributed by atoms with Crippen LogP contribution < -0.4 is 0 Å². The SMILES string of the molecule is O=CC1OCCOCC1O. The van der Waals surface area contributed by atoms with Crippen LogP contribution in [0.2, 0.25) is 0 Å². The highest BCUT2D eigenvalue weighted by atomic mass is 16.6. The van der Waals surface area contributed by atoms with Crippen molar-refractivity contribution >= 4 is 6.29 Å². The lowest BCUT2D eigenvalue weighted by Gasteiger charge is -2.11. The molecule has 1 saturated heterocycles. The molecule has 0 radical (unpaired) electrons. The van der Waals surface area contributed by atoms with Crippen molar-refractivity contribution in [2.24, 2.45) is 0 Å². The average Bonchev–Trinajstić information content (AvgIpc) is 2.13. The minimum atomic E-state index is -0.806. The van der Waals surface area contributed by atoms with Crippen LogP contribution >= 0.6 is 0 Å². The van der Waals surface area contributed by atoms with E-state index in [0.29, 0.717) is 19.5 Å². The molecule has 2 unspecified atom stereocenters. The third-order valence-corrected chi connectivity index (χ3v) is 1.34. The molecule has 1 fully saturated rings. The first kappa shape index (κ1) is 7.65. The summed E-state index contributed by atoms with van der Waals surface area (Å²) >= 11 is 0. The number of rotatable bonds is 1. The first-order chi connectivity index (χ1) is 4.84. The van der Waals surface area contributed by atoms with Crippen molar-refractivity contribution in [2.45, 2.75) is 12.2 Å². The van der Waals surface area contributed by atoms with Crippen LogP contribution in [0.15, 0.2) is 0 Å². The fourth-order valence-corrected chi connectivity index (χ4v) is 0.783. The molecule has 0 aromatic heterocycles. The molecule has 1 aliphatic rings. The Balaban J connectivity index is 2.43. The average molecular weight is 146 g/mol. The smallest absolute Gasteiger partial charge is 0.151 e. The minimum absolute atomic E-state index is 0.184. The predicted octanol–water partition coefficient (Wildman–Crippen LogP) is -1.04. The Kier molecular flexibility index (Phi) is 2.80. The summed E-state index contributed by atoms with van der Waals surface area (Å²) in [4.78, 5) is 10.2. The molecule has 58 valence electrons. The number of hydrogen-bond acceptors (Lipinski definition) is 4. The normalized spacial score (nSPS) is 34.9. The molecule has 0 spiro atoms. The Bertz CT molecular complexity index is 114. The highest BCUT2D eigenvalue weighted by Gasteiger charge is 2.21. The van der Waals surface area contributed by atoms with Gasteiger partial charge in [0.15, 0.2) is 6.29 Å².